The topological polar surface area (TPSA) is 16.4 Å². The molecular weight excluding hydrogens is 607 g/mol. The molecule has 0 atom stereocenters. The molecule has 0 amide bonds. The molecule has 9 rings (SSSR count). The number of fused-ring (bicyclic) bond motifs is 3. The van der Waals surface area contributed by atoms with Gasteiger partial charge in [-0.25, -0.2) is 0 Å². The van der Waals surface area contributed by atoms with Crippen LogP contribution >= 0.6 is 0 Å². The summed E-state index contributed by atoms with van der Waals surface area (Å²) in [5.41, 5.74) is 6.22. The van der Waals surface area contributed by atoms with Gasteiger partial charge in [-0.2, -0.15) is 0 Å². The third-order valence-electron chi connectivity index (χ3n) is 8.85. The normalized spacial score (nSPS) is 13.4. The van der Waals surface area contributed by atoms with Gasteiger partial charge in [-0.15, -0.1) is 0 Å². The molecule has 2 nitrogen and oxygen atoms in total. The molecule has 0 bridgehead atoms. The highest BCUT2D eigenvalue weighted by Gasteiger charge is 2.15. The van der Waals surface area contributed by atoms with Crippen molar-refractivity contribution in [1.29, 1.82) is 0 Å². The molecule has 0 saturated heterocycles. The van der Waals surface area contributed by atoms with E-state index in [1.807, 2.05) is 97.1 Å². The van der Waals surface area contributed by atoms with Gasteiger partial charge in [-0.05, 0) is 99.0 Å². The number of anilines is 3. The van der Waals surface area contributed by atoms with E-state index in [1.54, 1.807) is 54.6 Å². The standard InChI is InChI=1S/C48H33NO/c1-3-9-34(10-4-1)36-15-17-37(18-16-36)39-21-28-43(29-22-39)49(42-26-19-38(20-27-42)35-11-5-2-6-12-35)44-30-23-40(24-31-44)41-25-32-46-45-13-7-8-14-47(45)50-48(46)33-41/h1-33H/i19D,20D,23D,24D,26D,27D,30D,31D. The van der Waals surface area contributed by atoms with E-state index in [0.29, 0.717) is 28.0 Å². The third kappa shape index (κ3) is 5.63. The Bertz CT molecular complexity index is 2960. The maximum atomic E-state index is 9.42. The summed E-state index contributed by atoms with van der Waals surface area (Å²) in [5, 5.41) is 1.78. The molecule has 0 spiro atoms. The Kier molecular flexibility index (Phi) is 5.63. The fourth-order valence-electron chi connectivity index (χ4n) is 6.27. The van der Waals surface area contributed by atoms with E-state index in [0.717, 1.165) is 33.0 Å². The molecule has 9 aromatic rings. The lowest BCUT2D eigenvalue weighted by Gasteiger charge is -2.26. The van der Waals surface area contributed by atoms with E-state index in [-0.39, 0.29) is 46.7 Å². The zero-order chi connectivity index (χ0) is 40.2. The molecule has 50 heavy (non-hydrogen) atoms. The zero-order valence-electron chi connectivity index (χ0n) is 34.8. The van der Waals surface area contributed by atoms with Crippen LogP contribution in [0.15, 0.2) is 204 Å². The van der Waals surface area contributed by atoms with Crippen LogP contribution in [0.5, 0.6) is 0 Å². The first-order chi connectivity index (χ1) is 28.1. The summed E-state index contributed by atoms with van der Waals surface area (Å²) in [6.07, 6.45) is 0. The van der Waals surface area contributed by atoms with Crippen LogP contribution in [0.3, 0.4) is 0 Å². The number of rotatable bonds is 7. The van der Waals surface area contributed by atoms with Gasteiger partial charge < -0.3 is 9.32 Å². The van der Waals surface area contributed by atoms with Gasteiger partial charge in [-0.1, -0.05) is 145 Å². The second-order valence-electron chi connectivity index (χ2n) is 11.9. The minimum Gasteiger partial charge on any atom is -0.456 e. The predicted octanol–water partition coefficient (Wildman–Crippen LogP) is 13.7. The van der Waals surface area contributed by atoms with Gasteiger partial charge in [0, 0.05) is 27.8 Å². The summed E-state index contributed by atoms with van der Waals surface area (Å²) in [6.45, 7) is 0. The van der Waals surface area contributed by atoms with Crippen LogP contribution in [0.1, 0.15) is 11.0 Å². The van der Waals surface area contributed by atoms with E-state index in [2.05, 4.69) is 0 Å². The Morgan fingerprint density at radius 1 is 0.320 bits per heavy atom. The molecule has 1 heterocycles. The first-order valence-corrected chi connectivity index (χ1v) is 16.4. The summed E-state index contributed by atoms with van der Waals surface area (Å²) >= 11 is 0. The van der Waals surface area contributed by atoms with Crippen molar-refractivity contribution in [2.45, 2.75) is 0 Å². The molecule has 0 fully saturated rings. The molecule has 0 aliphatic heterocycles. The Hall–Kier alpha value is -6.64. The molecule has 2 heteroatoms. The molecule has 8 aromatic carbocycles. The summed E-state index contributed by atoms with van der Waals surface area (Å²) in [4.78, 5) is 1.32. The highest BCUT2D eigenvalue weighted by Crippen LogP contribution is 2.39. The van der Waals surface area contributed by atoms with Gasteiger partial charge in [0.2, 0.25) is 0 Å². The smallest absolute Gasteiger partial charge is 0.136 e. The van der Waals surface area contributed by atoms with Crippen molar-refractivity contribution in [3.05, 3.63) is 200 Å². The van der Waals surface area contributed by atoms with Crippen LogP contribution < -0.4 is 4.90 Å². The Morgan fingerprint density at radius 2 is 0.740 bits per heavy atom. The van der Waals surface area contributed by atoms with Crippen LogP contribution in [0, 0.1) is 0 Å². The zero-order valence-corrected chi connectivity index (χ0v) is 26.8. The Labute approximate surface area is 303 Å². The summed E-state index contributed by atoms with van der Waals surface area (Å²) in [7, 11) is 0. The minimum atomic E-state index is -0.412. The van der Waals surface area contributed by atoms with Crippen molar-refractivity contribution >= 4 is 39.0 Å². The average molecular weight is 648 g/mol. The number of benzene rings is 8. The quantitative estimate of drug-likeness (QED) is 0.171. The number of para-hydroxylation sites is 1. The van der Waals surface area contributed by atoms with Gasteiger partial charge in [-0.3, -0.25) is 0 Å². The Morgan fingerprint density at radius 3 is 1.32 bits per heavy atom. The molecule has 0 N–H and O–H groups in total. The van der Waals surface area contributed by atoms with Gasteiger partial charge in [0.25, 0.3) is 0 Å². The second kappa shape index (κ2) is 12.8. The summed E-state index contributed by atoms with van der Waals surface area (Å²) in [5.74, 6) is 0. The number of furan rings is 1. The third-order valence-corrected chi connectivity index (χ3v) is 8.85. The molecule has 0 unspecified atom stereocenters. The van der Waals surface area contributed by atoms with Crippen molar-refractivity contribution in [2.75, 3.05) is 4.90 Å². The van der Waals surface area contributed by atoms with Gasteiger partial charge in [0.1, 0.15) is 11.2 Å². The van der Waals surface area contributed by atoms with Crippen molar-refractivity contribution < 1.29 is 15.4 Å². The van der Waals surface area contributed by atoms with E-state index < -0.39 is 24.2 Å². The molecule has 236 valence electrons. The lowest BCUT2D eigenvalue weighted by molar-refractivity contribution is 0.669. The maximum Gasteiger partial charge on any atom is 0.136 e. The van der Waals surface area contributed by atoms with Crippen molar-refractivity contribution in [1.82, 2.24) is 0 Å². The number of nitrogens with zero attached hydrogens (tertiary/aromatic N) is 1. The van der Waals surface area contributed by atoms with E-state index in [9.17, 15) is 8.22 Å². The molecular formula is C48H33NO. The molecule has 0 saturated carbocycles. The van der Waals surface area contributed by atoms with Gasteiger partial charge in [0.05, 0.1) is 11.0 Å². The van der Waals surface area contributed by atoms with Gasteiger partial charge in [0.15, 0.2) is 0 Å². The van der Waals surface area contributed by atoms with Crippen LogP contribution in [-0.2, 0) is 0 Å². The molecule has 0 aliphatic carbocycles. The van der Waals surface area contributed by atoms with E-state index >= 15 is 0 Å². The van der Waals surface area contributed by atoms with Crippen molar-refractivity contribution in [3.63, 3.8) is 0 Å². The van der Waals surface area contributed by atoms with Crippen LogP contribution in [0.4, 0.5) is 17.1 Å². The average Bonchev–Trinajstić information content (AvgIpc) is 3.63. The maximum absolute atomic E-state index is 9.42. The Balaban J connectivity index is 1.21. The number of hydrogen-bond donors (Lipinski definition) is 0. The monoisotopic (exact) mass is 647 g/mol. The highest BCUT2D eigenvalue weighted by molar-refractivity contribution is 6.05. The van der Waals surface area contributed by atoms with Crippen molar-refractivity contribution in [3.8, 4) is 44.5 Å². The second-order valence-corrected chi connectivity index (χ2v) is 11.9. The highest BCUT2D eigenvalue weighted by atomic mass is 16.3. The summed E-state index contributed by atoms with van der Waals surface area (Å²) in [6, 6.07) is 44.2. The fourth-order valence-corrected chi connectivity index (χ4v) is 6.27. The number of hydrogen-bond acceptors (Lipinski definition) is 2. The molecule has 0 aliphatic rings. The fraction of sp³-hybridized carbons (Fsp3) is 0. The van der Waals surface area contributed by atoms with E-state index in [1.165, 1.54) is 4.90 Å². The van der Waals surface area contributed by atoms with Crippen LogP contribution in [-0.4, -0.2) is 0 Å². The van der Waals surface area contributed by atoms with Crippen LogP contribution in [0.25, 0.3) is 66.4 Å². The van der Waals surface area contributed by atoms with Crippen LogP contribution in [0.2, 0.25) is 0 Å². The first kappa shape index (κ1) is 22.1. The SMILES string of the molecule is [2H]c1c([2H])c(N(c2ccc(-c3ccc(-c4ccccc4)cc3)cc2)c2c([2H])c([2H])c(-c3ccc4c(c3)oc3ccccc34)c([2H])c2[2H])c([2H])c([2H])c1-c1ccccc1. The summed E-state index contributed by atoms with van der Waals surface area (Å²) < 4.78 is 80.4. The van der Waals surface area contributed by atoms with E-state index in [4.69, 9.17) is 7.16 Å². The lowest BCUT2D eigenvalue weighted by atomic mass is 10.00. The van der Waals surface area contributed by atoms with Crippen molar-refractivity contribution in [2.24, 2.45) is 0 Å². The molecule has 1 aromatic heterocycles. The largest absolute Gasteiger partial charge is 0.456 e. The lowest BCUT2D eigenvalue weighted by Crippen LogP contribution is -2.09. The predicted molar refractivity (Wildman–Crippen MR) is 210 cm³/mol. The van der Waals surface area contributed by atoms with Gasteiger partial charge >= 0.3 is 0 Å². The molecule has 0 radical (unpaired) electrons. The minimum absolute atomic E-state index is 0.0642. The first-order valence-electron chi connectivity index (χ1n) is 20.4.